The maximum absolute atomic E-state index is 12.8. The number of carboxylic acid groups (broad SMARTS) is 1. The van der Waals surface area contributed by atoms with Gasteiger partial charge < -0.3 is 19.3 Å². The number of amides is 1. The van der Waals surface area contributed by atoms with Crippen molar-refractivity contribution in [1.29, 1.82) is 5.26 Å². The van der Waals surface area contributed by atoms with Gasteiger partial charge in [-0.25, -0.2) is 14.8 Å². The molecule has 1 amide bonds. The van der Waals surface area contributed by atoms with E-state index >= 15 is 0 Å². The molecule has 1 aliphatic carbocycles. The van der Waals surface area contributed by atoms with Crippen molar-refractivity contribution in [3.05, 3.63) is 58.5 Å². The number of nitriles is 1. The molecule has 9 nitrogen and oxygen atoms in total. The molecule has 2 aliphatic rings. The molecule has 2 aromatic heterocycles. The Hall–Kier alpha value is -3.93. The highest BCUT2D eigenvalue weighted by Gasteiger charge is 2.48. The van der Waals surface area contributed by atoms with Gasteiger partial charge >= 0.3 is 5.97 Å². The molecule has 4 bridgehead atoms. The third kappa shape index (κ3) is 3.37. The summed E-state index contributed by atoms with van der Waals surface area (Å²) in [5.41, 5.74) is 1.09. The van der Waals surface area contributed by atoms with Crippen molar-refractivity contribution < 1.29 is 23.5 Å². The number of aromatic nitrogens is 2. The fourth-order valence-corrected chi connectivity index (χ4v) is 4.77. The van der Waals surface area contributed by atoms with Gasteiger partial charge in [0.2, 0.25) is 17.7 Å². The van der Waals surface area contributed by atoms with Crippen LogP contribution in [0.5, 0.6) is 0 Å². The first-order chi connectivity index (χ1) is 16.1. The van der Waals surface area contributed by atoms with E-state index in [1.807, 2.05) is 39.0 Å². The van der Waals surface area contributed by atoms with Crippen LogP contribution in [0.2, 0.25) is 0 Å². The number of carboxylic acids is 1. The van der Waals surface area contributed by atoms with Gasteiger partial charge in [0.15, 0.2) is 17.1 Å². The molecule has 0 radical (unpaired) electrons. The number of carbonyl (C=O) groups is 2. The number of fused-ring (bicyclic) bond motifs is 4. The highest BCUT2D eigenvalue weighted by atomic mass is 16.4. The number of nitrogens with one attached hydrogen (secondary N) is 1. The maximum atomic E-state index is 12.8. The molecule has 2 N–H and O–H groups in total. The number of nitrogens with zero attached hydrogens (tertiary/aromatic N) is 3. The number of hydrogen-bond acceptors (Lipinski definition) is 7. The molecular weight excluding hydrogens is 436 g/mol. The van der Waals surface area contributed by atoms with Gasteiger partial charge in [-0.3, -0.25) is 4.79 Å². The molecule has 0 fully saturated rings. The van der Waals surface area contributed by atoms with Crippen LogP contribution in [-0.4, -0.2) is 27.0 Å². The molecule has 34 heavy (non-hydrogen) atoms. The topological polar surface area (TPSA) is 142 Å². The third-order valence-corrected chi connectivity index (χ3v) is 6.61. The van der Waals surface area contributed by atoms with Gasteiger partial charge in [-0.1, -0.05) is 39.0 Å². The second-order valence-corrected chi connectivity index (χ2v) is 9.95. The first kappa shape index (κ1) is 21.9. The quantitative estimate of drug-likeness (QED) is 0.586. The van der Waals surface area contributed by atoms with Crippen LogP contribution >= 0.6 is 0 Å². The molecular formula is C25H24N4O5. The van der Waals surface area contributed by atoms with Crippen molar-refractivity contribution in [2.75, 3.05) is 0 Å². The Morgan fingerprint density at radius 3 is 2.74 bits per heavy atom. The Bertz CT molecular complexity index is 1360. The number of hydrogen-bond donors (Lipinski definition) is 2. The molecule has 9 heteroatoms. The van der Waals surface area contributed by atoms with Crippen LogP contribution in [0, 0.1) is 16.7 Å². The average Bonchev–Trinajstić information content (AvgIpc) is 3.51. The number of carbonyl (C=O) groups excluding carboxylic acids is 1. The second kappa shape index (κ2) is 7.55. The maximum Gasteiger partial charge on any atom is 0.357 e. The van der Waals surface area contributed by atoms with Crippen LogP contribution in [0.3, 0.4) is 0 Å². The summed E-state index contributed by atoms with van der Waals surface area (Å²) in [7, 11) is 0. The Labute approximate surface area is 195 Å². The first-order valence-corrected chi connectivity index (χ1v) is 11.2. The lowest BCUT2D eigenvalue weighted by atomic mass is 9.79. The fourth-order valence-electron chi connectivity index (χ4n) is 4.77. The number of oxazole rings is 2. The van der Waals surface area contributed by atoms with Crippen LogP contribution in [0.1, 0.15) is 78.5 Å². The van der Waals surface area contributed by atoms with Gasteiger partial charge in [0.05, 0.1) is 6.07 Å². The van der Waals surface area contributed by atoms with Crippen molar-refractivity contribution in [3.8, 4) is 17.7 Å². The van der Waals surface area contributed by atoms with Crippen LogP contribution < -0.4 is 5.32 Å². The van der Waals surface area contributed by atoms with Gasteiger partial charge in [-0.2, -0.15) is 5.26 Å². The minimum absolute atomic E-state index is 0.0458. The number of rotatable bonds is 2. The lowest BCUT2D eigenvalue weighted by Gasteiger charge is -2.29. The molecule has 3 heterocycles. The van der Waals surface area contributed by atoms with Gasteiger partial charge in [0.25, 0.3) is 0 Å². The van der Waals surface area contributed by atoms with E-state index in [-0.39, 0.29) is 41.3 Å². The number of aryl methyl sites for hydroxylation is 2. The van der Waals surface area contributed by atoms with E-state index < -0.39 is 22.8 Å². The average molecular weight is 460 g/mol. The SMILES string of the molecule is CC(C)(C)[C@@H]1NC(=O)CCc2ccc3c(c2)[C@](C#N)(CC3)c2oc1nc2-c1nc(C(=O)O)co1. The lowest BCUT2D eigenvalue weighted by Crippen LogP contribution is -2.37. The van der Waals surface area contributed by atoms with Crippen molar-refractivity contribution >= 4 is 11.9 Å². The molecule has 5 rings (SSSR count). The van der Waals surface area contributed by atoms with E-state index in [2.05, 4.69) is 21.4 Å². The zero-order chi connectivity index (χ0) is 24.3. The summed E-state index contributed by atoms with van der Waals surface area (Å²) in [5, 5.41) is 22.9. The molecule has 0 saturated heterocycles. The van der Waals surface area contributed by atoms with Gasteiger partial charge in [0, 0.05) is 6.42 Å². The van der Waals surface area contributed by atoms with Crippen molar-refractivity contribution in [1.82, 2.24) is 15.3 Å². The Balaban J connectivity index is 1.80. The summed E-state index contributed by atoms with van der Waals surface area (Å²) < 4.78 is 11.8. The summed E-state index contributed by atoms with van der Waals surface area (Å²) in [6.45, 7) is 5.87. The molecule has 1 aromatic carbocycles. The van der Waals surface area contributed by atoms with Gasteiger partial charge in [-0.05, 0) is 41.4 Å². The molecule has 0 saturated carbocycles. The first-order valence-electron chi connectivity index (χ1n) is 11.2. The predicted octanol–water partition coefficient (Wildman–Crippen LogP) is 3.93. The van der Waals surface area contributed by atoms with Crippen molar-refractivity contribution in [3.63, 3.8) is 0 Å². The summed E-state index contributed by atoms with van der Waals surface area (Å²) >= 11 is 0. The number of aromatic carboxylic acids is 1. The largest absolute Gasteiger partial charge is 0.476 e. The van der Waals surface area contributed by atoms with E-state index in [1.54, 1.807) is 0 Å². The van der Waals surface area contributed by atoms with Gasteiger partial charge in [0.1, 0.15) is 17.7 Å². The summed E-state index contributed by atoms with van der Waals surface area (Å²) in [4.78, 5) is 33.0. The van der Waals surface area contributed by atoms with Crippen molar-refractivity contribution in [2.45, 2.75) is 57.9 Å². The number of benzene rings is 1. The monoisotopic (exact) mass is 460 g/mol. The molecule has 0 spiro atoms. The van der Waals surface area contributed by atoms with Gasteiger partial charge in [-0.15, -0.1) is 0 Å². The predicted molar refractivity (Wildman–Crippen MR) is 119 cm³/mol. The zero-order valence-electron chi connectivity index (χ0n) is 19.1. The van der Waals surface area contributed by atoms with E-state index in [0.717, 1.165) is 23.0 Å². The van der Waals surface area contributed by atoms with Crippen LogP contribution in [0.25, 0.3) is 11.6 Å². The van der Waals surface area contributed by atoms with E-state index in [0.29, 0.717) is 19.3 Å². The van der Waals surface area contributed by atoms with E-state index in [1.165, 1.54) is 0 Å². The smallest absolute Gasteiger partial charge is 0.357 e. The minimum atomic E-state index is -1.24. The molecule has 3 aromatic rings. The molecule has 0 unspecified atom stereocenters. The normalized spacial score (nSPS) is 21.8. The highest BCUT2D eigenvalue weighted by molar-refractivity contribution is 5.85. The molecule has 174 valence electrons. The Morgan fingerprint density at radius 1 is 1.26 bits per heavy atom. The second-order valence-electron chi connectivity index (χ2n) is 9.95. The van der Waals surface area contributed by atoms with Crippen LogP contribution in [-0.2, 0) is 23.1 Å². The van der Waals surface area contributed by atoms with Crippen LogP contribution in [0.4, 0.5) is 0 Å². The third-order valence-electron chi connectivity index (χ3n) is 6.61. The molecule has 1 aliphatic heterocycles. The Morgan fingerprint density at radius 2 is 2.06 bits per heavy atom. The standard InChI is InChI=1S/C25H24N4O5/c1-24(2,3)19-22-29-18(21-27-16(11-33-21)23(31)32)20(34-22)25(12-26)9-8-14-6-4-13(10-15(14)25)5-7-17(30)28-19/h4,6,10-11,19H,5,7-9H2,1-3H3,(H,28,30)(H,31,32)/t19-,25-/m1/s1. The minimum Gasteiger partial charge on any atom is -0.476 e. The summed E-state index contributed by atoms with van der Waals surface area (Å²) in [5.74, 6) is -0.949. The summed E-state index contributed by atoms with van der Waals surface area (Å²) in [6.07, 6.45) is 3.01. The Kier molecular flexibility index (Phi) is 4.86. The molecule has 2 atom stereocenters. The van der Waals surface area contributed by atoms with E-state index in [4.69, 9.17) is 8.83 Å². The fraction of sp³-hybridized carbons (Fsp3) is 0.400. The van der Waals surface area contributed by atoms with Crippen molar-refractivity contribution in [2.24, 2.45) is 5.41 Å². The lowest BCUT2D eigenvalue weighted by molar-refractivity contribution is -0.122. The summed E-state index contributed by atoms with van der Waals surface area (Å²) in [6, 6.07) is 7.84. The van der Waals surface area contributed by atoms with Crippen LogP contribution in [0.15, 0.2) is 33.3 Å². The van der Waals surface area contributed by atoms with E-state index in [9.17, 15) is 20.0 Å². The highest BCUT2D eigenvalue weighted by Crippen LogP contribution is 2.49. The zero-order valence-corrected chi connectivity index (χ0v) is 19.1.